The van der Waals surface area contributed by atoms with Gasteiger partial charge in [-0.3, -0.25) is 4.98 Å². The van der Waals surface area contributed by atoms with Crippen molar-refractivity contribution in [3.63, 3.8) is 0 Å². The quantitative estimate of drug-likeness (QED) is 0.880. The predicted octanol–water partition coefficient (Wildman–Crippen LogP) is 2.24. The highest BCUT2D eigenvalue weighted by molar-refractivity contribution is 9.10. The molecule has 0 saturated carbocycles. The maximum Gasteiger partial charge on any atom is 0.109 e. The van der Waals surface area contributed by atoms with Crippen molar-refractivity contribution in [2.24, 2.45) is 5.73 Å². The summed E-state index contributed by atoms with van der Waals surface area (Å²) in [5.74, 6) is 0. The van der Waals surface area contributed by atoms with E-state index in [1.165, 1.54) is 0 Å². The summed E-state index contributed by atoms with van der Waals surface area (Å²) >= 11 is 3.22. The Morgan fingerprint density at radius 1 is 1.58 bits per heavy atom. The van der Waals surface area contributed by atoms with E-state index in [-0.39, 0.29) is 12.4 Å². The van der Waals surface area contributed by atoms with E-state index >= 15 is 0 Å². The van der Waals surface area contributed by atoms with Gasteiger partial charge in [0, 0.05) is 16.9 Å². The third-order valence-electron chi connectivity index (χ3n) is 1.32. The maximum absolute atomic E-state index is 12.0. The molecule has 0 bridgehead atoms. The first-order valence-corrected chi connectivity index (χ1v) is 3.95. The Morgan fingerprint density at radius 2 is 2.25 bits per heavy atom. The molecule has 0 aliphatic carbocycles. The molecule has 0 aliphatic heterocycles. The lowest BCUT2D eigenvalue weighted by molar-refractivity contribution is 0.436. The van der Waals surface area contributed by atoms with Crippen LogP contribution in [-0.2, 0) is 0 Å². The maximum atomic E-state index is 12.0. The van der Waals surface area contributed by atoms with Crippen LogP contribution in [0.5, 0.6) is 0 Å². The summed E-state index contributed by atoms with van der Waals surface area (Å²) < 4.78 is 12.9. The second kappa shape index (κ2) is 5.45. The van der Waals surface area contributed by atoms with Crippen LogP contribution in [0.2, 0.25) is 0 Å². The number of hydrogen-bond donors (Lipinski definition) is 1. The molecule has 1 aromatic heterocycles. The van der Waals surface area contributed by atoms with Crippen LogP contribution in [0.1, 0.15) is 11.6 Å². The van der Waals surface area contributed by atoms with E-state index in [1.54, 1.807) is 18.5 Å². The first-order chi connectivity index (χ1) is 5.24. The molecule has 2 N–H and O–H groups in total. The Morgan fingerprint density at radius 3 is 2.75 bits per heavy atom. The normalized spacial score (nSPS) is 11.9. The fourth-order valence-electron chi connectivity index (χ4n) is 0.720. The summed E-state index contributed by atoms with van der Waals surface area (Å²) in [5.41, 5.74) is 6.14. The van der Waals surface area contributed by atoms with E-state index in [4.69, 9.17) is 5.73 Å². The van der Waals surface area contributed by atoms with E-state index in [1.807, 2.05) is 0 Å². The summed E-state index contributed by atoms with van der Waals surface area (Å²) in [5, 5.41) is 0. The summed E-state index contributed by atoms with van der Waals surface area (Å²) in [7, 11) is 0. The third-order valence-corrected chi connectivity index (χ3v) is 1.75. The molecule has 0 spiro atoms. The number of pyridine rings is 1. The van der Waals surface area contributed by atoms with E-state index in [0.29, 0.717) is 5.56 Å². The predicted molar refractivity (Wildman–Crippen MR) is 52.1 cm³/mol. The number of hydrogen-bond acceptors (Lipinski definition) is 2. The summed E-state index contributed by atoms with van der Waals surface area (Å²) in [6, 6.07) is 1.21. The lowest BCUT2D eigenvalue weighted by Gasteiger charge is -2.05. The van der Waals surface area contributed by atoms with Gasteiger partial charge in [-0.2, -0.15) is 0 Å². The number of alkyl halides is 1. The highest BCUT2D eigenvalue weighted by Crippen LogP contribution is 2.14. The SMILES string of the molecule is Cl.N[C@@H](CF)c1cncc(Br)c1. The Hall–Kier alpha value is -0.190. The molecule has 12 heavy (non-hydrogen) atoms. The Kier molecular flexibility index (Phi) is 5.37. The second-order valence-corrected chi connectivity index (χ2v) is 3.11. The van der Waals surface area contributed by atoms with E-state index in [0.717, 1.165) is 4.47 Å². The second-order valence-electron chi connectivity index (χ2n) is 2.20. The standard InChI is InChI=1S/C7H8BrFN2.ClH/c8-6-1-5(3-11-4-6)7(10)2-9;/h1,3-4,7H,2,10H2;1H/t7-;/m0./s1. The Labute approximate surface area is 84.9 Å². The van der Waals surface area contributed by atoms with Gasteiger partial charge in [-0.15, -0.1) is 12.4 Å². The molecule has 68 valence electrons. The largest absolute Gasteiger partial charge is 0.322 e. The van der Waals surface area contributed by atoms with Crippen LogP contribution in [0, 0.1) is 0 Å². The fourth-order valence-corrected chi connectivity index (χ4v) is 1.10. The Bertz CT molecular complexity index is 247. The van der Waals surface area contributed by atoms with Gasteiger partial charge in [-0.05, 0) is 27.6 Å². The van der Waals surface area contributed by atoms with Crippen LogP contribution in [0.4, 0.5) is 4.39 Å². The molecule has 1 atom stereocenters. The smallest absolute Gasteiger partial charge is 0.109 e. The molecule has 5 heteroatoms. The van der Waals surface area contributed by atoms with Crippen molar-refractivity contribution >= 4 is 28.3 Å². The molecule has 0 aliphatic rings. The molecule has 0 amide bonds. The minimum atomic E-state index is -0.557. The van der Waals surface area contributed by atoms with Crippen LogP contribution in [-0.4, -0.2) is 11.7 Å². The van der Waals surface area contributed by atoms with Crippen molar-refractivity contribution in [3.05, 3.63) is 28.5 Å². The molecular formula is C7H9BrClFN2. The molecule has 0 fully saturated rings. The minimum Gasteiger partial charge on any atom is -0.322 e. The first-order valence-electron chi connectivity index (χ1n) is 3.16. The molecule has 1 aromatic rings. The molecule has 1 heterocycles. The number of rotatable bonds is 2. The zero-order valence-electron chi connectivity index (χ0n) is 6.21. The van der Waals surface area contributed by atoms with Crippen molar-refractivity contribution in [1.29, 1.82) is 0 Å². The number of nitrogens with zero attached hydrogens (tertiary/aromatic N) is 1. The molecule has 0 radical (unpaired) electrons. The van der Waals surface area contributed by atoms with Crippen molar-refractivity contribution in [2.45, 2.75) is 6.04 Å². The van der Waals surface area contributed by atoms with Gasteiger partial charge in [0.25, 0.3) is 0 Å². The van der Waals surface area contributed by atoms with Crippen LogP contribution in [0.15, 0.2) is 22.9 Å². The van der Waals surface area contributed by atoms with E-state index in [2.05, 4.69) is 20.9 Å². The zero-order chi connectivity index (χ0) is 8.27. The van der Waals surface area contributed by atoms with Crippen LogP contribution >= 0.6 is 28.3 Å². The van der Waals surface area contributed by atoms with Gasteiger partial charge in [0.15, 0.2) is 0 Å². The van der Waals surface area contributed by atoms with Gasteiger partial charge >= 0.3 is 0 Å². The average Bonchev–Trinajstić information content (AvgIpc) is 2.03. The van der Waals surface area contributed by atoms with Gasteiger partial charge in [0.1, 0.15) is 6.67 Å². The van der Waals surface area contributed by atoms with Gasteiger partial charge in [0.2, 0.25) is 0 Å². The van der Waals surface area contributed by atoms with Crippen molar-refractivity contribution in [3.8, 4) is 0 Å². The number of nitrogens with two attached hydrogens (primary N) is 1. The molecule has 0 saturated heterocycles. The van der Waals surface area contributed by atoms with E-state index in [9.17, 15) is 4.39 Å². The van der Waals surface area contributed by atoms with Gasteiger partial charge in [-0.25, -0.2) is 4.39 Å². The van der Waals surface area contributed by atoms with Gasteiger partial charge < -0.3 is 5.73 Å². The number of halogens is 3. The van der Waals surface area contributed by atoms with Crippen LogP contribution in [0.25, 0.3) is 0 Å². The fraction of sp³-hybridized carbons (Fsp3) is 0.286. The van der Waals surface area contributed by atoms with E-state index < -0.39 is 12.7 Å². The number of aromatic nitrogens is 1. The van der Waals surface area contributed by atoms with Crippen molar-refractivity contribution in [2.75, 3.05) is 6.67 Å². The van der Waals surface area contributed by atoms with Gasteiger partial charge in [-0.1, -0.05) is 0 Å². The van der Waals surface area contributed by atoms with Gasteiger partial charge in [0.05, 0.1) is 6.04 Å². The first kappa shape index (κ1) is 11.8. The molecule has 0 aromatic carbocycles. The average molecular weight is 256 g/mol. The highest BCUT2D eigenvalue weighted by Gasteiger charge is 2.04. The van der Waals surface area contributed by atoms with Crippen molar-refractivity contribution < 1.29 is 4.39 Å². The molecule has 1 rings (SSSR count). The lowest BCUT2D eigenvalue weighted by Crippen LogP contribution is -2.12. The summed E-state index contributed by atoms with van der Waals surface area (Å²) in [6.07, 6.45) is 3.20. The molecular weight excluding hydrogens is 246 g/mol. The molecule has 0 unspecified atom stereocenters. The summed E-state index contributed by atoms with van der Waals surface area (Å²) in [6.45, 7) is -0.557. The highest BCUT2D eigenvalue weighted by atomic mass is 79.9. The van der Waals surface area contributed by atoms with Crippen LogP contribution < -0.4 is 5.73 Å². The van der Waals surface area contributed by atoms with Crippen LogP contribution in [0.3, 0.4) is 0 Å². The topological polar surface area (TPSA) is 38.9 Å². The summed E-state index contributed by atoms with van der Waals surface area (Å²) in [4.78, 5) is 3.86. The third kappa shape index (κ3) is 3.05. The zero-order valence-corrected chi connectivity index (χ0v) is 8.61. The lowest BCUT2D eigenvalue weighted by atomic mass is 10.1. The molecule has 2 nitrogen and oxygen atoms in total. The monoisotopic (exact) mass is 254 g/mol. The minimum absolute atomic E-state index is 0. The Balaban J connectivity index is 0.00000121. The van der Waals surface area contributed by atoms with Crippen molar-refractivity contribution in [1.82, 2.24) is 4.98 Å².